The molecule has 0 aliphatic carbocycles. The van der Waals surface area contributed by atoms with Crippen molar-refractivity contribution < 1.29 is 4.79 Å². The lowest BCUT2D eigenvalue weighted by molar-refractivity contribution is 0.0740. The molecule has 1 amide bonds. The number of nitrogens with zero attached hydrogens (tertiary/aromatic N) is 1. The van der Waals surface area contributed by atoms with Crippen LogP contribution in [0.25, 0.3) is 0 Å². The third-order valence-electron chi connectivity index (χ3n) is 4.22. The lowest BCUT2D eigenvalue weighted by Crippen LogP contribution is -2.46. The van der Waals surface area contributed by atoms with Gasteiger partial charge in [0.2, 0.25) is 0 Å². The Hall–Kier alpha value is -1.35. The van der Waals surface area contributed by atoms with E-state index in [1.807, 2.05) is 36.9 Å². The van der Waals surface area contributed by atoms with Gasteiger partial charge in [-0.15, -0.1) is 0 Å². The van der Waals surface area contributed by atoms with Gasteiger partial charge >= 0.3 is 0 Å². The van der Waals surface area contributed by atoms with Crippen LogP contribution in [0.4, 0.5) is 0 Å². The lowest BCUT2D eigenvalue weighted by Gasteiger charge is -2.30. The zero-order valence-corrected chi connectivity index (χ0v) is 12.9. The predicted molar refractivity (Wildman–Crippen MR) is 83.1 cm³/mol. The fourth-order valence-electron chi connectivity index (χ4n) is 3.01. The molecule has 110 valence electrons. The zero-order valence-electron chi connectivity index (χ0n) is 12.9. The van der Waals surface area contributed by atoms with E-state index in [1.54, 1.807) is 0 Å². The maximum atomic E-state index is 12.8. The van der Waals surface area contributed by atoms with Crippen molar-refractivity contribution in [3.63, 3.8) is 0 Å². The van der Waals surface area contributed by atoms with Crippen molar-refractivity contribution in [2.75, 3.05) is 19.6 Å². The Labute approximate surface area is 122 Å². The number of likely N-dealkylation sites (N-methyl/N-ethyl adjacent to an activating group) is 1. The lowest BCUT2D eigenvalue weighted by atomic mass is 10.0. The van der Waals surface area contributed by atoms with Crippen molar-refractivity contribution >= 4 is 5.91 Å². The second-order valence-corrected chi connectivity index (χ2v) is 5.76. The van der Waals surface area contributed by atoms with Crippen LogP contribution in [0.2, 0.25) is 0 Å². The van der Waals surface area contributed by atoms with Crippen LogP contribution in [-0.4, -0.2) is 36.5 Å². The molecule has 3 nitrogen and oxygen atoms in total. The number of benzene rings is 1. The number of hydrogen-bond donors (Lipinski definition) is 1. The summed E-state index contributed by atoms with van der Waals surface area (Å²) in [5, 5.41) is 3.53. The highest BCUT2D eigenvalue weighted by atomic mass is 16.2. The molecule has 1 heterocycles. The van der Waals surface area contributed by atoms with Gasteiger partial charge in [0.15, 0.2) is 0 Å². The molecule has 0 radical (unpaired) electrons. The Morgan fingerprint density at radius 1 is 1.30 bits per heavy atom. The van der Waals surface area contributed by atoms with Gasteiger partial charge < -0.3 is 10.2 Å². The number of rotatable bonds is 4. The first-order valence-corrected chi connectivity index (χ1v) is 7.72. The quantitative estimate of drug-likeness (QED) is 0.915. The summed E-state index contributed by atoms with van der Waals surface area (Å²) in [5.74, 6) is 0.176. The molecule has 1 aliphatic rings. The van der Waals surface area contributed by atoms with E-state index >= 15 is 0 Å². The number of amides is 1. The summed E-state index contributed by atoms with van der Waals surface area (Å²) in [6.45, 7) is 8.78. The van der Waals surface area contributed by atoms with E-state index in [0.29, 0.717) is 6.04 Å². The Morgan fingerprint density at radius 2 is 2.00 bits per heavy atom. The molecule has 1 aromatic carbocycles. The molecule has 0 bridgehead atoms. The van der Waals surface area contributed by atoms with Gasteiger partial charge in [-0.25, -0.2) is 0 Å². The van der Waals surface area contributed by atoms with Crippen molar-refractivity contribution in [1.29, 1.82) is 0 Å². The van der Waals surface area contributed by atoms with Gasteiger partial charge in [0, 0.05) is 24.7 Å². The normalized spacial score (nSPS) is 18.9. The van der Waals surface area contributed by atoms with Crippen LogP contribution in [0.5, 0.6) is 0 Å². The highest BCUT2D eigenvalue weighted by molar-refractivity contribution is 5.97. The smallest absolute Gasteiger partial charge is 0.254 e. The van der Waals surface area contributed by atoms with E-state index in [0.717, 1.165) is 36.3 Å². The number of aryl methyl sites for hydroxylation is 2. The third-order valence-corrected chi connectivity index (χ3v) is 4.22. The number of piperidine rings is 1. The zero-order chi connectivity index (χ0) is 14.5. The fraction of sp³-hybridized carbons (Fsp3) is 0.588. The van der Waals surface area contributed by atoms with E-state index in [4.69, 9.17) is 0 Å². The summed E-state index contributed by atoms with van der Waals surface area (Å²) in [4.78, 5) is 14.8. The first kappa shape index (κ1) is 15.0. The van der Waals surface area contributed by atoms with E-state index in [2.05, 4.69) is 12.2 Å². The second-order valence-electron chi connectivity index (χ2n) is 5.76. The van der Waals surface area contributed by atoms with E-state index in [9.17, 15) is 4.79 Å². The molecule has 1 N–H and O–H groups in total. The highest BCUT2D eigenvalue weighted by Gasteiger charge is 2.22. The molecule has 0 saturated carbocycles. The monoisotopic (exact) mass is 274 g/mol. The molecule has 1 saturated heterocycles. The first-order valence-electron chi connectivity index (χ1n) is 7.72. The molecule has 1 atom stereocenters. The molecule has 20 heavy (non-hydrogen) atoms. The molecule has 1 unspecified atom stereocenters. The fourth-order valence-corrected chi connectivity index (χ4v) is 3.01. The van der Waals surface area contributed by atoms with Crippen molar-refractivity contribution in [1.82, 2.24) is 10.2 Å². The summed E-state index contributed by atoms with van der Waals surface area (Å²) in [6, 6.07) is 6.51. The van der Waals surface area contributed by atoms with Crippen LogP contribution in [0, 0.1) is 13.8 Å². The summed E-state index contributed by atoms with van der Waals surface area (Å²) >= 11 is 0. The average molecular weight is 274 g/mol. The van der Waals surface area contributed by atoms with Gasteiger partial charge in [-0.2, -0.15) is 0 Å². The predicted octanol–water partition coefficient (Wildman–Crippen LogP) is 2.91. The molecular weight excluding hydrogens is 248 g/mol. The van der Waals surface area contributed by atoms with Gasteiger partial charge in [-0.3, -0.25) is 4.79 Å². The van der Waals surface area contributed by atoms with E-state index in [-0.39, 0.29) is 5.91 Å². The van der Waals surface area contributed by atoms with Crippen LogP contribution < -0.4 is 5.32 Å². The average Bonchev–Trinajstić information content (AvgIpc) is 2.45. The van der Waals surface area contributed by atoms with Gasteiger partial charge in [0.25, 0.3) is 5.91 Å². The van der Waals surface area contributed by atoms with Crippen LogP contribution in [0.1, 0.15) is 47.7 Å². The number of hydrogen-bond acceptors (Lipinski definition) is 2. The highest BCUT2D eigenvalue weighted by Crippen LogP contribution is 2.17. The maximum absolute atomic E-state index is 12.8. The molecule has 1 aliphatic heterocycles. The summed E-state index contributed by atoms with van der Waals surface area (Å²) in [7, 11) is 0. The minimum absolute atomic E-state index is 0.176. The van der Waals surface area contributed by atoms with Crippen molar-refractivity contribution in [2.24, 2.45) is 0 Å². The first-order chi connectivity index (χ1) is 9.63. The summed E-state index contributed by atoms with van der Waals surface area (Å²) < 4.78 is 0. The molecule has 0 spiro atoms. The van der Waals surface area contributed by atoms with E-state index < -0.39 is 0 Å². The van der Waals surface area contributed by atoms with Gasteiger partial charge in [-0.05, 0) is 51.3 Å². The topological polar surface area (TPSA) is 32.3 Å². The van der Waals surface area contributed by atoms with Crippen LogP contribution in [0.3, 0.4) is 0 Å². The van der Waals surface area contributed by atoms with Crippen LogP contribution in [-0.2, 0) is 0 Å². The van der Waals surface area contributed by atoms with Gasteiger partial charge in [0.05, 0.1) is 0 Å². The Kier molecular flexibility index (Phi) is 5.18. The Bertz CT molecular complexity index is 444. The molecule has 1 aromatic rings. The van der Waals surface area contributed by atoms with E-state index in [1.165, 1.54) is 19.3 Å². The minimum Gasteiger partial charge on any atom is -0.337 e. The second kappa shape index (κ2) is 6.89. The van der Waals surface area contributed by atoms with Crippen LogP contribution >= 0.6 is 0 Å². The number of carbonyl (C=O) groups excluding carboxylic acids is 1. The number of nitrogens with one attached hydrogen (secondary N) is 1. The molecule has 1 fully saturated rings. The molecule has 3 heteroatoms. The van der Waals surface area contributed by atoms with Gasteiger partial charge in [-0.1, -0.05) is 24.6 Å². The number of carbonyl (C=O) groups is 1. The van der Waals surface area contributed by atoms with Crippen molar-refractivity contribution in [3.05, 3.63) is 34.9 Å². The SMILES string of the molecule is CCN(CC1CCCCN1)C(=O)c1c(C)cccc1C. The maximum Gasteiger partial charge on any atom is 0.254 e. The standard InChI is InChI=1S/C17H26N2O/c1-4-19(12-15-10-5-6-11-18-15)17(20)16-13(2)8-7-9-14(16)3/h7-9,15,18H,4-6,10-12H2,1-3H3. The Morgan fingerprint density at radius 3 is 2.55 bits per heavy atom. The van der Waals surface area contributed by atoms with Crippen molar-refractivity contribution in [3.8, 4) is 0 Å². The van der Waals surface area contributed by atoms with Crippen LogP contribution in [0.15, 0.2) is 18.2 Å². The largest absolute Gasteiger partial charge is 0.337 e. The third kappa shape index (κ3) is 3.40. The summed E-state index contributed by atoms with van der Waals surface area (Å²) in [6.07, 6.45) is 3.71. The van der Waals surface area contributed by atoms with Crippen molar-refractivity contribution in [2.45, 2.75) is 46.1 Å². The molecule has 0 aromatic heterocycles. The minimum atomic E-state index is 0.176. The summed E-state index contributed by atoms with van der Waals surface area (Å²) in [5.41, 5.74) is 3.03. The van der Waals surface area contributed by atoms with Gasteiger partial charge in [0.1, 0.15) is 0 Å². The molecular formula is C17H26N2O. The molecule has 2 rings (SSSR count). The Balaban J connectivity index is 2.12.